The van der Waals surface area contributed by atoms with Gasteiger partial charge in [0.15, 0.2) is 6.29 Å². The standard InChI is InChI=1S/C19H25ClN4O3/c1-11-9-21-18(20)22-15(11)13-8-14-16(25)24(7-6-23(14)10-13)12(2)17(26)27-19(3,4)5/h8-10,12,17,26H,6-7H2,1-5H3. The summed E-state index contributed by atoms with van der Waals surface area (Å²) < 4.78 is 7.53. The number of ether oxygens (including phenoxy) is 1. The molecule has 0 aliphatic carbocycles. The molecule has 2 unspecified atom stereocenters. The summed E-state index contributed by atoms with van der Waals surface area (Å²) in [6.07, 6.45) is 2.51. The first-order valence-corrected chi connectivity index (χ1v) is 9.31. The predicted octanol–water partition coefficient (Wildman–Crippen LogP) is 2.88. The summed E-state index contributed by atoms with van der Waals surface area (Å²) in [7, 11) is 0. The molecule has 1 N–H and O–H groups in total. The third-order valence-electron chi connectivity index (χ3n) is 4.55. The van der Waals surface area contributed by atoms with Crippen molar-refractivity contribution in [3.63, 3.8) is 0 Å². The Hall–Kier alpha value is -1.96. The van der Waals surface area contributed by atoms with Crippen molar-refractivity contribution in [2.24, 2.45) is 0 Å². The van der Waals surface area contributed by atoms with E-state index in [1.165, 1.54) is 0 Å². The predicted molar refractivity (Wildman–Crippen MR) is 103 cm³/mol. The molecular formula is C19H25ClN4O3. The van der Waals surface area contributed by atoms with Crippen LogP contribution in [0.4, 0.5) is 0 Å². The lowest BCUT2D eigenvalue weighted by atomic mass is 10.1. The summed E-state index contributed by atoms with van der Waals surface area (Å²) in [5, 5.41) is 10.5. The number of aromatic nitrogens is 3. The van der Waals surface area contributed by atoms with Crippen LogP contribution in [0.3, 0.4) is 0 Å². The van der Waals surface area contributed by atoms with Crippen molar-refractivity contribution in [3.8, 4) is 11.3 Å². The quantitative estimate of drug-likeness (QED) is 0.639. The fourth-order valence-corrected chi connectivity index (χ4v) is 3.32. The average Bonchev–Trinajstić information content (AvgIpc) is 3.00. The monoisotopic (exact) mass is 392 g/mol. The van der Waals surface area contributed by atoms with Gasteiger partial charge in [0.1, 0.15) is 5.69 Å². The molecule has 1 amide bonds. The van der Waals surface area contributed by atoms with E-state index in [9.17, 15) is 9.90 Å². The molecular weight excluding hydrogens is 368 g/mol. The molecule has 0 spiro atoms. The number of carbonyl (C=O) groups excluding carboxylic acids is 1. The molecule has 8 heteroatoms. The average molecular weight is 393 g/mol. The van der Waals surface area contributed by atoms with Crippen molar-refractivity contribution >= 4 is 17.5 Å². The number of aliphatic hydroxyl groups excluding tert-OH is 1. The van der Waals surface area contributed by atoms with Crippen molar-refractivity contribution in [1.82, 2.24) is 19.4 Å². The lowest BCUT2D eigenvalue weighted by molar-refractivity contribution is -0.190. The maximum Gasteiger partial charge on any atom is 0.270 e. The highest BCUT2D eigenvalue weighted by molar-refractivity contribution is 6.28. The lowest BCUT2D eigenvalue weighted by Gasteiger charge is -2.37. The van der Waals surface area contributed by atoms with E-state index in [1.807, 2.05) is 44.5 Å². The minimum Gasteiger partial charge on any atom is -0.366 e. The van der Waals surface area contributed by atoms with Gasteiger partial charge in [-0.05, 0) is 57.8 Å². The van der Waals surface area contributed by atoms with E-state index >= 15 is 0 Å². The normalized spacial score (nSPS) is 17.0. The van der Waals surface area contributed by atoms with Gasteiger partial charge in [-0.1, -0.05) is 0 Å². The van der Waals surface area contributed by atoms with Crippen LogP contribution in [0.15, 0.2) is 18.5 Å². The minimum absolute atomic E-state index is 0.144. The number of rotatable bonds is 4. The first-order chi connectivity index (χ1) is 12.6. The topological polar surface area (TPSA) is 80.5 Å². The van der Waals surface area contributed by atoms with Crippen LogP contribution in [0.2, 0.25) is 5.28 Å². The van der Waals surface area contributed by atoms with Crippen LogP contribution in [0.5, 0.6) is 0 Å². The van der Waals surface area contributed by atoms with Crippen molar-refractivity contribution < 1.29 is 14.6 Å². The number of fused-ring (bicyclic) bond motifs is 1. The SMILES string of the molecule is Cc1cnc(Cl)nc1-c1cc2n(c1)CCN(C(C)C(O)OC(C)(C)C)C2=O. The second kappa shape index (κ2) is 7.22. The number of hydrogen-bond acceptors (Lipinski definition) is 5. The molecule has 3 heterocycles. The van der Waals surface area contributed by atoms with Crippen LogP contribution in [0.1, 0.15) is 43.7 Å². The Bertz CT molecular complexity index is 859. The van der Waals surface area contributed by atoms with Gasteiger partial charge in [0.2, 0.25) is 5.28 Å². The van der Waals surface area contributed by atoms with Crippen molar-refractivity contribution in [2.45, 2.75) is 59.1 Å². The molecule has 146 valence electrons. The molecule has 0 bridgehead atoms. The summed E-state index contributed by atoms with van der Waals surface area (Å²) in [5.74, 6) is -0.144. The summed E-state index contributed by atoms with van der Waals surface area (Å²) >= 11 is 5.93. The summed E-state index contributed by atoms with van der Waals surface area (Å²) in [6.45, 7) is 10.4. The van der Waals surface area contributed by atoms with Gasteiger partial charge < -0.3 is 19.3 Å². The summed E-state index contributed by atoms with van der Waals surface area (Å²) in [5.41, 5.74) is 2.47. The number of halogens is 1. The molecule has 7 nitrogen and oxygen atoms in total. The largest absolute Gasteiger partial charge is 0.366 e. The van der Waals surface area contributed by atoms with Crippen molar-refractivity contribution in [2.75, 3.05) is 6.54 Å². The maximum atomic E-state index is 13.0. The zero-order chi connectivity index (χ0) is 19.9. The molecule has 3 rings (SSSR count). The Morgan fingerprint density at radius 2 is 2.04 bits per heavy atom. The number of aryl methyl sites for hydroxylation is 1. The number of hydrogen-bond donors (Lipinski definition) is 1. The van der Waals surface area contributed by atoms with Crippen LogP contribution in [0, 0.1) is 6.92 Å². The first-order valence-electron chi connectivity index (χ1n) is 8.93. The van der Waals surface area contributed by atoms with Gasteiger partial charge >= 0.3 is 0 Å². The van der Waals surface area contributed by atoms with E-state index in [2.05, 4.69) is 9.97 Å². The van der Waals surface area contributed by atoms with Crippen LogP contribution < -0.4 is 0 Å². The second-order valence-corrected chi connectivity index (χ2v) is 8.18. The van der Waals surface area contributed by atoms with Crippen LogP contribution in [-0.2, 0) is 11.3 Å². The van der Waals surface area contributed by atoms with Gasteiger partial charge in [-0.25, -0.2) is 9.97 Å². The number of amides is 1. The van der Waals surface area contributed by atoms with Crippen LogP contribution in [0.25, 0.3) is 11.3 Å². The Labute approximate surface area is 163 Å². The molecule has 1 aliphatic heterocycles. The van der Waals surface area contributed by atoms with E-state index in [0.717, 1.165) is 11.1 Å². The molecule has 0 saturated heterocycles. The van der Waals surface area contributed by atoms with Gasteiger partial charge in [0.05, 0.1) is 17.3 Å². The molecule has 0 aromatic carbocycles. The molecule has 0 saturated carbocycles. The molecule has 2 aromatic heterocycles. The highest BCUT2D eigenvalue weighted by atomic mass is 35.5. The zero-order valence-electron chi connectivity index (χ0n) is 16.2. The first kappa shape index (κ1) is 19.8. The van der Waals surface area contributed by atoms with Gasteiger partial charge in [0.25, 0.3) is 5.91 Å². The van der Waals surface area contributed by atoms with Crippen molar-refractivity contribution in [3.05, 3.63) is 35.0 Å². The Kier molecular flexibility index (Phi) is 5.29. The van der Waals surface area contributed by atoms with Gasteiger partial charge in [-0.2, -0.15) is 0 Å². The summed E-state index contributed by atoms with van der Waals surface area (Å²) in [6, 6.07) is 1.35. The van der Waals surface area contributed by atoms with Crippen molar-refractivity contribution in [1.29, 1.82) is 0 Å². The van der Waals surface area contributed by atoms with Gasteiger partial charge in [-0.3, -0.25) is 4.79 Å². The molecule has 0 radical (unpaired) electrons. The van der Waals surface area contributed by atoms with Gasteiger partial charge in [-0.15, -0.1) is 0 Å². The second-order valence-electron chi connectivity index (χ2n) is 7.84. The number of aliphatic hydroxyl groups is 1. The molecule has 2 aromatic rings. The van der Waals surface area contributed by atoms with E-state index in [-0.39, 0.29) is 11.2 Å². The van der Waals surface area contributed by atoms with E-state index in [1.54, 1.807) is 18.0 Å². The third kappa shape index (κ3) is 4.15. The van der Waals surface area contributed by atoms with E-state index in [0.29, 0.717) is 24.5 Å². The molecule has 0 fully saturated rings. The Morgan fingerprint density at radius 3 is 2.70 bits per heavy atom. The zero-order valence-corrected chi connectivity index (χ0v) is 17.0. The molecule has 1 aliphatic rings. The Morgan fingerprint density at radius 1 is 1.33 bits per heavy atom. The molecule has 27 heavy (non-hydrogen) atoms. The van der Waals surface area contributed by atoms with E-state index < -0.39 is 17.9 Å². The lowest BCUT2D eigenvalue weighted by Crippen LogP contribution is -2.51. The smallest absolute Gasteiger partial charge is 0.270 e. The highest BCUT2D eigenvalue weighted by Gasteiger charge is 2.34. The number of nitrogens with zero attached hydrogens (tertiary/aromatic N) is 4. The highest BCUT2D eigenvalue weighted by Crippen LogP contribution is 2.28. The fraction of sp³-hybridized carbons (Fsp3) is 0.526. The van der Waals surface area contributed by atoms with Gasteiger partial charge in [0, 0.05) is 31.0 Å². The van der Waals surface area contributed by atoms with Crippen LogP contribution in [-0.4, -0.2) is 54.9 Å². The Balaban J connectivity index is 1.86. The maximum absolute atomic E-state index is 13.0. The minimum atomic E-state index is -1.06. The number of carbonyl (C=O) groups is 1. The van der Waals surface area contributed by atoms with Crippen LogP contribution >= 0.6 is 11.6 Å². The fourth-order valence-electron chi connectivity index (χ4n) is 3.18. The third-order valence-corrected chi connectivity index (χ3v) is 4.73. The summed E-state index contributed by atoms with van der Waals surface area (Å²) in [4.78, 5) is 22.9. The van der Waals surface area contributed by atoms with E-state index in [4.69, 9.17) is 16.3 Å². The molecule has 2 atom stereocenters.